The number of sulfone groups is 1. The second kappa shape index (κ2) is 12.9. The van der Waals surface area contributed by atoms with Gasteiger partial charge in [0.1, 0.15) is 11.6 Å². The predicted octanol–water partition coefficient (Wildman–Crippen LogP) is 3.56. The van der Waals surface area contributed by atoms with E-state index in [9.17, 15) is 27.1 Å². The molecule has 0 fully saturated rings. The lowest BCUT2D eigenvalue weighted by molar-refractivity contribution is 0.0829. The van der Waals surface area contributed by atoms with Gasteiger partial charge in [0.2, 0.25) is 0 Å². The molecular formula is C28H32F2N2O4S. The van der Waals surface area contributed by atoms with E-state index in [1.54, 1.807) is 12.1 Å². The molecule has 0 radical (unpaired) electrons. The van der Waals surface area contributed by atoms with Crippen LogP contribution >= 0.6 is 0 Å². The minimum Gasteiger partial charge on any atom is -0.390 e. The SMILES string of the molecule is CCc1cccc(CNC[C@@H](O)[C@H](Cc2cc(F)cc(F)c2)NC(=O)c2cccc(CS(C)(=O)=O)c2)c1. The molecule has 2 atom stereocenters. The van der Waals surface area contributed by atoms with Gasteiger partial charge in [-0.3, -0.25) is 4.79 Å². The molecule has 0 heterocycles. The zero-order valence-corrected chi connectivity index (χ0v) is 21.7. The van der Waals surface area contributed by atoms with Crippen LogP contribution in [0.15, 0.2) is 66.7 Å². The summed E-state index contributed by atoms with van der Waals surface area (Å²) in [7, 11) is -3.29. The van der Waals surface area contributed by atoms with Crippen LogP contribution in [0.4, 0.5) is 8.78 Å². The minimum atomic E-state index is -3.29. The summed E-state index contributed by atoms with van der Waals surface area (Å²) >= 11 is 0. The van der Waals surface area contributed by atoms with E-state index in [1.165, 1.54) is 17.7 Å². The van der Waals surface area contributed by atoms with E-state index in [0.29, 0.717) is 12.1 Å². The molecule has 3 N–H and O–H groups in total. The highest BCUT2D eigenvalue weighted by Gasteiger charge is 2.23. The van der Waals surface area contributed by atoms with E-state index < -0.39 is 39.5 Å². The summed E-state index contributed by atoms with van der Waals surface area (Å²) in [6.07, 6.45) is 0.914. The molecule has 1 amide bonds. The molecule has 0 aliphatic heterocycles. The van der Waals surface area contributed by atoms with Crippen molar-refractivity contribution in [3.8, 4) is 0 Å². The number of hydrogen-bond donors (Lipinski definition) is 3. The number of hydrogen-bond acceptors (Lipinski definition) is 5. The van der Waals surface area contributed by atoms with Gasteiger partial charge < -0.3 is 15.7 Å². The second-order valence-corrected chi connectivity index (χ2v) is 11.3. The van der Waals surface area contributed by atoms with E-state index in [4.69, 9.17) is 0 Å². The number of benzene rings is 3. The van der Waals surface area contributed by atoms with Crippen LogP contribution in [-0.2, 0) is 35.0 Å². The fourth-order valence-electron chi connectivity index (χ4n) is 4.09. The molecule has 0 aliphatic rings. The molecule has 9 heteroatoms. The number of aliphatic hydroxyl groups is 1. The monoisotopic (exact) mass is 530 g/mol. The first-order valence-corrected chi connectivity index (χ1v) is 14.1. The van der Waals surface area contributed by atoms with Crippen LogP contribution in [0, 0.1) is 11.6 Å². The van der Waals surface area contributed by atoms with Crippen molar-refractivity contribution in [3.05, 3.63) is 106 Å². The smallest absolute Gasteiger partial charge is 0.251 e. The van der Waals surface area contributed by atoms with Crippen LogP contribution in [0.25, 0.3) is 0 Å². The number of halogens is 2. The Morgan fingerprint density at radius 3 is 2.24 bits per heavy atom. The fourth-order valence-corrected chi connectivity index (χ4v) is 4.87. The van der Waals surface area contributed by atoms with Crippen LogP contribution in [0.3, 0.4) is 0 Å². The Morgan fingerprint density at radius 1 is 0.919 bits per heavy atom. The van der Waals surface area contributed by atoms with Gasteiger partial charge in [0, 0.05) is 31.0 Å². The summed E-state index contributed by atoms with van der Waals surface area (Å²) in [5.41, 5.74) is 3.19. The highest BCUT2D eigenvalue weighted by Crippen LogP contribution is 2.14. The van der Waals surface area contributed by atoms with E-state index in [1.807, 2.05) is 18.2 Å². The highest BCUT2D eigenvalue weighted by atomic mass is 32.2. The largest absolute Gasteiger partial charge is 0.390 e. The highest BCUT2D eigenvalue weighted by molar-refractivity contribution is 7.89. The number of rotatable bonds is 12. The molecule has 0 unspecified atom stereocenters. The Kier molecular flexibility index (Phi) is 9.91. The van der Waals surface area contributed by atoms with E-state index in [2.05, 4.69) is 23.6 Å². The maximum Gasteiger partial charge on any atom is 0.251 e. The first-order valence-electron chi connectivity index (χ1n) is 12.0. The first-order chi connectivity index (χ1) is 17.5. The lowest BCUT2D eigenvalue weighted by Gasteiger charge is -2.25. The maximum absolute atomic E-state index is 13.8. The average Bonchev–Trinajstić information content (AvgIpc) is 2.82. The van der Waals surface area contributed by atoms with Crippen molar-refractivity contribution >= 4 is 15.7 Å². The Bertz CT molecular complexity index is 1310. The molecule has 6 nitrogen and oxygen atoms in total. The van der Waals surface area contributed by atoms with Gasteiger partial charge >= 0.3 is 0 Å². The topological polar surface area (TPSA) is 95.5 Å². The van der Waals surface area contributed by atoms with Crippen molar-refractivity contribution in [2.45, 2.75) is 44.2 Å². The quantitative estimate of drug-likeness (QED) is 0.333. The van der Waals surface area contributed by atoms with E-state index in [0.717, 1.165) is 36.4 Å². The fraction of sp³-hybridized carbons (Fsp3) is 0.321. The molecule has 198 valence electrons. The van der Waals surface area contributed by atoms with Gasteiger partial charge in [0.25, 0.3) is 5.91 Å². The van der Waals surface area contributed by atoms with Crippen molar-refractivity contribution in [2.24, 2.45) is 0 Å². The van der Waals surface area contributed by atoms with Gasteiger partial charge in [-0.15, -0.1) is 0 Å². The molecule has 0 spiro atoms. The van der Waals surface area contributed by atoms with Crippen molar-refractivity contribution in [1.29, 1.82) is 0 Å². The Balaban J connectivity index is 1.74. The second-order valence-electron chi connectivity index (χ2n) is 9.20. The van der Waals surface area contributed by atoms with E-state index in [-0.39, 0.29) is 29.8 Å². The standard InChI is InChI=1S/C28H32F2N2O4S/c1-3-19-6-4-7-20(10-19)16-31-17-27(33)26(14-22-12-24(29)15-25(30)13-22)32-28(34)23-9-5-8-21(11-23)18-37(2,35)36/h4-13,15,26-27,31,33H,3,14,16-18H2,1-2H3,(H,32,34)/t26-,27+/m0/s1. The number of nitrogens with one attached hydrogen (secondary N) is 2. The van der Waals surface area contributed by atoms with Crippen LogP contribution in [0.5, 0.6) is 0 Å². The Labute approximate surface area is 216 Å². The first kappa shape index (κ1) is 28.4. The molecule has 3 rings (SSSR count). The molecule has 0 saturated heterocycles. The third-order valence-corrected chi connectivity index (χ3v) is 6.72. The number of aryl methyl sites for hydroxylation is 1. The van der Waals surface area contributed by atoms with Crippen molar-refractivity contribution < 1.29 is 27.1 Å². The van der Waals surface area contributed by atoms with Crippen LogP contribution in [0.1, 0.15) is 39.5 Å². The summed E-state index contributed by atoms with van der Waals surface area (Å²) in [5, 5.41) is 16.9. The van der Waals surface area contributed by atoms with E-state index >= 15 is 0 Å². The lowest BCUT2D eigenvalue weighted by atomic mass is 9.99. The molecule has 37 heavy (non-hydrogen) atoms. The third kappa shape index (κ3) is 9.35. The van der Waals surface area contributed by atoms with Gasteiger partial charge in [0.15, 0.2) is 9.84 Å². The van der Waals surface area contributed by atoms with Crippen molar-refractivity contribution in [2.75, 3.05) is 12.8 Å². The van der Waals surface area contributed by atoms with Gasteiger partial charge in [-0.2, -0.15) is 0 Å². The number of carbonyl (C=O) groups excluding carboxylic acids is 1. The predicted molar refractivity (Wildman–Crippen MR) is 140 cm³/mol. The molecule has 3 aromatic rings. The third-order valence-electron chi connectivity index (χ3n) is 5.86. The summed E-state index contributed by atoms with van der Waals surface area (Å²) in [5.74, 6) is -2.26. The van der Waals surface area contributed by atoms with Gasteiger partial charge in [-0.05, 0) is 59.4 Å². The summed E-state index contributed by atoms with van der Waals surface area (Å²) < 4.78 is 50.9. The van der Waals surface area contributed by atoms with Gasteiger partial charge in [-0.25, -0.2) is 17.2 Å². The normalized spacial score (nSPS) is 13.2. The lowest BCUT2D eigenvalue weighted by Crippen LogP contribution is -2.48. The molecule has 0 bridgehead atoms. The Hall–Kier alpha value is -3.14. The number of carbonyl (C=O) groups is 1. The summed E-state index contributed by atoms with van der Waals surface area (Å²) in [6, 6.07) is 16.4. The zero-order chi connectivity index (χ0) is 27.0. The Morgan fingerprint density at radius 2 is 1.57 bits per heavy atom. The molecule has 0 aliphatic carbocycles. The summed E-state index contributed by atoms with van der Waals surface area (Å²) in [6.45, 7) is 2.68. The van der Waals surface area contributed by atoms with Gasteiger partial charge in [-0.1, -0.05) is 43.3 Å². The molecular weight excluding hydrogens is 498 g/mol. The van der Waals surface area contributed by atoms with Crippen LogP contribution < -0.4 is 10.6 Å². The zero-order valence-electron chi connectivity index (χ0n) is 20.9. The van der Waals surface area contributed by atoms with Crippen molar-refractivity contribution in [1.82, 2.24) is 10.6 Å². The van der Waals surface area contributed by atoms with Crippen molar-refractivity contribution in [3.63, 3.8) is 0 Å². The maximum atomic E-state index is 13.8. The molecule has 3 aromatic carbocycles. The number of aliphatic hydroxyl groups excluding tert-OH is 1. The average molecular weight is 531 g/mol. The summed E-state index contributed by atoms with van der Waals surface area (Å²) in [4.78, 5) is 13.0. The van der Waals surface area contributed by atoms with Crippen LogP contribution in [-0.4, -0.2) is 44.4 Å². The minimum absolute atomic E-state index is 0.0163. The van der Waals surface area contributed by atoms with Crippen LogP contribution in [0.2, 0.25) is 0 Å². The molecule has 0 saturated carbocycles. The molecule has 0 aromatic heterocycles. The van der Waals surface area contributed by atoms with Gasteiger partial charge in [0.05, 0.1) is 17.9 Å². The number of amides is 1.